The highest BCUT2D eigenvalue weighted by atomic mass is 32.2. The molecule has 0 unspecified atom stereocenters. The van der Waals surface area contributed by atoms with Gasteiger partial charge in [-0.2, -0.15) is 0 Å². The Morgan fingerprint density at radius 2 is 2.12 bits per heavy atom. The van der Waals surface area contributed by atoms with Gasteiger partial charge >= 0.3 is 0 Å². The average molecular weight is 364 g/mol. The molecule has 4 rings (SSSR count). The molecule has 0 amide bonds. The number of sulfonamides is 1. The number of rotatable bonds is 3. The summed E-state index contributed by atoms with van der Waals surface area (Å²) in [6, 6.07) is 7.73. The van der Waals surface area contributed by atoms with E-state index >= 15 is 0 Å². The number of hydrogen-bond acceptors (Lipinski definition) is 5. The summed E-state index contributed by atoms with van der Waals surface area (Å²) in [5, 5.41) is 0. The zero-order valence-corrected chi connectivity index (χ0v) is 15.3. The molecule has 1 aromatic heterocycles. The molecule has 1 saturated heterocycles. The van der Waals surface area contributed by atoms with Crippen LogP contribution >= 0.6 is 11.3 Å². The number of anilines is 2. The van der Waals surface area contributed by atoms with Crippen molar-refractivity contribution >= 4 is 32.7 Å². The van der Waals surface area contributed by atoms with Gasteiger partial charge in [0.15, 0.2) is 0 Å². The molecule has 1 fully saturated rings. The van der Waals surface area contributed by atoms with Crippen molar-refractivity contribution in [1.29, 1.82) is 0 Å². The van der Waals surface area contributed by atoms with Crippen LogP contribution < -0.4 is 14.4 Å². The maximum atomic E-state index is 12.6. The molecule has 0 aliphatic carbocycles. The Hall–Kier alpha value is -1.73. The molecule has 1 N–H and O–H groups in total. The van der Waals surface area contributed by atoms with Crippen LogP contribution in [0.4, 0.5) is 11.4 Å². The van der Waals surface area contributed by atoms with Crippen LogP contribution in [-0.2, 0) is 10.0 Å². The quantitative estimate of drug-likeness (QED) is 0.905. The smallest absolute Gasteiger partial charge is 0.263 e. The lowest BCUT2D eigenvalue weighted by Gasteiger charge is -2.33. The van der Waals surface area contributed by atoms with E-state index in [9.17, 15) is 8.42 Å². The zero-order valence-electron chi connectivity index (χ0n) is 13.7. The Bertz CT molecular complexity index is 889. The van der Waals surface area contributed by atoms with Gasteiger partial charge in [0, 0.05) is 22.4 Å². The van der Waals surface area contributed by atoms with Crippen LogP contribution in [0.3, 0.4) is 0 Å². The first-order valence-electron chi connectivity index (χ1n) is 8.07. The van der Waals surface area contributed by atoms with Gasteiger partial charge < -0.3 is 9.64 Å². The van der Waals surface area contributed by atoms with Crippen molar-refractivity contribution in [2.45, 2.75) is 37.6 Å². The molecular formula is C17H20N2O3S2. The lowest BCUT2D eigenvalue weighted by Crippen LogP contribution is -2.38. The van der Waals surface area contributed by atoms with E-state index in [0.29, 0.717) is 23.2 Å². The van der Waals surface area contributed by atoms with Gasteiger partial charge in [-0.1, -0.05) is 0 Å². The highest BCUT2D eigenvalue weighted by molar-refractivity contribution is 7.93. The lowest BCUT2D eigenvalue weighted by molar-refractivity contribution is 0.272. The first-order chi connectivity index (χ1) is 11.4. The predicted octanol–water partition coefficient (Wildman–Crippen LogP) is 3.53. The molecule has 128 valence electrons. The van der Waals surface area contributed by atoms with E-state index in [1.165, 1.54) is 17.8 Å². The normalized spacial score (nSPS) is 19.6. The summed E-state index contributed by atoms with van der Waals surface area (Å²) in [6.45, 7) is 5.46. The summed E-state index contributed by atoms with van der Waals surface area (Å²) in [5.41, 5.74) is 1.60. The molecule has 2 aromatic rings. The standard InChI is InChI=1S/C17H20N2O3S2/c1-11-8-17(12(2)23-11)24(20,21)18-13-5-6-15-16(9-13)22-10-14-4-3-7-19(14)15/h5-6,8-9,14,18H,3-4,7,10H2,1-2H3/t14-/m0/s1. The summed E-state index contributed by atoms with van der Waals surface area (Å²) >= 11 is 1.49. The van der Waals surface area contributed by atoms with Crippen LogP contribution in [0.5, 0.6) is 5.75 Å². The molecule has 2 aliphatic heterocycles. The number of thiophene rings is 1. The first kappa shape index (κ1) is 15.8. The second-order valence-electron chi connectivity index (χ2n) is 6.37. The Balaban J connectivity index is 1.63. The van der Waals surface area contributed by atoms with Crippen LogP contribution in [0.1, 0.15) is 22.6 Å². The van der Waals surface area contributed by atoms with E-state index in [-0.39, 0.29) is 0 Å². The number of nitrogens with one attached hydrogen (secondary N) is 1. The molecule has 3 heterocycles. The molecule has 2 aliphatic rings. The van der Waals surface area contributed by atoms with Crippen LogP contribution in [0.2, 0.25) is 0 Å². The van der Waals surface area contributed by atoms with E-state index < -0.39 is 10.0 Å². The Kier molecular flexibility index (Phi) is 3.73. The van der Waals surface area contributed by atoms with Crippen LogP contribution in [-0.4, -0.2) is 27.6 Å². The van der Waals surface area contributed by atoms with Crippen LogP contribution in [0.15, 0.2) is 29.2 Å². The topological polar surface area (TPSA) is 58.6 Å². The molecule has 0 spiro atoms. The lowest BCUT2D eigenvalue weighted by atomic mass is 10.1. The summed E-state index contributed by atoms with van der Waals surface area (Å²) in [7, 11) is -3.58. The first-order valence-corrected chi connectivity index (χ1v) is 10.4. The Morgan fingerprint density at radius 3 is 2.88 bits per heavy atom. The minimum Gasteiger partial charge on any atom is -0.489 e. The fourth-order valence-corrected chi connectivity index (χ4v) is 6.13. The second-order valence-corrected chi connectivity index (χ2v) is 9.48. The van der Waals surface area contributed by atoms with Gasteiger partial charge in [0.2, 0.25) is 0 Å². The maximum absolute atomic E-state index is 12.6. The average Bonchev–Trinajstić information content (AvgIpc) is 3.13. The third-order valence-corrected chi connectivity index (χ3v) is 7.22. The van der Waals surface area contributed by atoms with Gasteiger partial charge in [-0.15, -0.1) is 11.3 Å². The Labute approximate surface area is 146 Å². The van der Waals surface area contributed by atoms with Crippen molar-refractivity contribution < 1.29 is 13.2 Å². The van der Waals surface area contributed by atoms with E-state index in [1.807, 2.05) is 26.0 Å². The van der Waals surface area contributed by atoms with Crippen LogP contribution in [0, 0.1) is 13.8 Å². The summed E-state index contributed by atoms with van der Waals surface area (Å²) in [4.78, 5) is 4.50. The van der Waals surface area contributed by atoms with Gasteiger partial charge in [0.25, 0.3) is 10.0 Å². The molecule has 0 bridgehead atoms. The molecule has 24 heavy (non-hydrogen) atoms. The SMILES string of the molecule is Cc1cc(S(=O)(=O)Nc2ccc3c(c2)OC[C@@H]2CCCN32)c(C)s1. The molecule has 1 atom stereocenters. The van der Waals surface area contributed by atoms with Crippen molar-refractivity contribution in [2.75, 3.05) is 22.8 Å². The third-order valence-electron chi connectivity index (χ3n) is 4.61. The van der Waals surface area contributed by atoms with Gasteiger partial charge in [0.05, 0.1) is 17.4 Å². The van der Waals surface area contributed by atoms with Gasteiger partial charge in [-0.3, -0.25) is 4.72 Å². The number of hydrogen-bond donors (Lipinski definition) is 1. The fraction of sp³-hybridized carbons (Fsp3) is 0.412. The monoisotopic (exact) mass is 364 g/mol. The Morgan fingerprint density at radius 1 is 1.29 bits per heavy atom. The summed E-state index contributed by atoms with van der Waals surface area (Å²) < 4.78 is 33.8. The number of benzene rings is 1. The highest BCUT2D eigenvalue weighted by Gasteiger charge is 2.31. The van der Waals surface area contributed by atoms with Crippen molar-refractivity contribution in [3.63, 3.8) is 0 Å². The van der Waals surface area contributed by atoms with E-state index in [1.54, 1.807) is 12.1 Å². The van der Waals surface area contributed by atoms with E-state index in [0.717, 1.165) is 34.2 Å². The minimum atomic E-state index is -3.58. The molecule has 0 radical (unpaired) electrons. The highest BCUT2D eigenvalue weighted by Crippen LogP contribution is 2.40. The third kappa shape index (κ3) is 2.65. The molecule has 0 saturated carbocycles. The number of nitrogens with zero attached hydrogens (tertiary/aromatic N) is 1. The zero-order chi connectivity index (χ0) is 16.9. The number of aryl methyl sites for hydroxylation is 2. The van der Waals surface area contributed by atoms with Crippen molar-refractivity contribution in [2.24, 2.45) is 0 Å². The molecule has 7 heteroatoms. The van der Waals surface area contributed by atoms with Crippen molar-refractivity contribution in [3.8, 4) is 5.75 Å². The predicted molar refractivity (Wildman–Crippen MR) is 96.9 cm³/mol. The summed E-state index contributed by atoms with van der Waals surface area (Å²) in [6.07, 6.45) is 2.34. The molecule has 1 aromatic carbocycles. The second kappa shape index (κ2) is 5.67. The van der Waals surface area contributed by atoms with E-state index in [2.05, 4.69) is 9.62 Å². The van der Waals surface area contributed by atoms with Gasteiger partial charge in [0.1, 0.15) is 17.3 Å². The maximum Gasteiger partial charge on any atom is 0.263 e. The minimum absolute atomic E-state index is 0.350. The number of ether oxygens (including phenoxy) is 1. The molecular weight excluding hydrogens is 344 g/mol. The number of fused-ring (bicyclic) bond motifs is 3. The largest absolute Gasteiger partial charge is 0.489 e. The van der Waals surface area contributed by atoms with Crippen molar-refractivity contribution in [3.05, 3.63) is 34.0 Å². The fourth-order valence-electron chi connectivity index (χ4n) is 3.53. The van der Waals surface area contributed by atoms with Gasteiger partial charge in [-0.05, 0) is 44.9 Å². The van der Waals surface area contributed by atoms with Crippen molar-refractivity contribution in [1.82, 2.24) is 0 Å². The van der Waals surface area contributed by atoms with Gasteiger partial charge in [-0.25, -0.2) is 8.42 Å². The van der Waals surface area contributed by atoms with E-state index in [4.69, 9.17) is 4.74 Å². The molecule has 5 nitrogen and oxygen atoms in total. The van der Waals surface area contributed by atoms with Crippen LogP contribution in [0.25, 0.3) is 0 Å². The summed E-state index contributed by atoms with van der Waals surface area (Å²) in [5.74, 6) is 0.756.